The maximum atomic E-state index is 5.47. The number of hydrogen-bond donors (Lipinski definition) is 3. The summed E-state index contributed by atoms with van der Waals surface area (Å²) in [5.74, 6) is 4.59. The first-order valence-electron chi connectivity index (χ1n) is 13.4. The second-order valence-electron chi connectivity index (χ2n) is 8.94. The quantitative estimate of drug-likeness (QED) is 0.119. The fourth-order valence-corrected chi connectivity index (χ4v) is 4.19. The summed E-state index contributed by atoms with van der Waals surface area (Å²) in [6.45, 7) is 0. The van der Waals surface area contributed by atoms with E-state index in [4.69, 9.17) is 33.2 Å². The van der Waals surface area contributed by atoms with Gasteiger partial charge in [-0.05, 0) is 36.4 Å². The Labute approximate surface area is 261 Å². The lowest BCUT2D eigenvalue weighted by Gasteiger charge is -2.13. The van der Waals surface area contributed by atoms with Crippen LogP contribution in [0.3, 0.4) is 0 Å². The highest BCUT2D eigenvalue weighted by molar-refractivity contribution is 5.84. The molecule has 0 saturated carbocycles. The molecule has 14 heteroatoms. The molecule has 236 valence electrons. The zero-order valence-electron chi connectivity index (χ0n) is 26.0. The standard InChI is InChI=1S/C31H35N7O7/c1-39-22-11-9-8-10-21(22)34-27-16-28(37-32-17-19-12-23(40-2)29(44-6)24(13-19)41-3)36-31(35-27)38-33-18-20-14-25(42-4)30(45-7)26(15-20)43-5/h8-18H,1-7H3,(H3,34,35,36,37,38). The predicted molar refractivity (Wildman–Crippen MR) is 173 cm³/mol. The van der Waals surface area contributed by atoms with Gasteiger partial charge in [0.2, 0.25) is 17.4 Å². The largest absolute Gasteiger partial charge is 0.495 e. The van der Waals surface area contributed by atoms with E-state index in [0.717, 1.165) is 0 Å². The van der Waals surface area contributed by atoms with E-state index in [2.05, 4.69) is 36.3 Å². The third-order valence-corrected chi connectivity index (χ3v) is 6.24. The Morgan fingerprint density at radius 1 is 0.533 bits per heavy atom. The first-order valence-corrected chi connectivity index (χ1v) is 13.4. The third-order valence-electron chi connectivity index (χ3n) is 6.24. The molecule has 3 aromatic carbocycles. The highest BCUT2D eigenvalue weighted by atomic mass is 16.5. The van der Waals surface area contributed by atoms with Crippen LogP contribution in [0.1, 0.15) is 11.1 Å². The van der Waals surface area contributed by atoms with E-state index in [1.165, 1.54) is 0 Å². The minimum atomic E-state index is 0.184. The van der Waals surface area contributed by atoms with Crippen LogP contribution in [0.5, 0.6) is 40.2 Å². The van der Waals surface area contributed by atoms with Crippen LogP contribution >= 0.6 is 0 Å². The van der Waals surface area contributed by atoms with Crippen LogP contribution in [0, 0.1) is 0 Å². The lowest BCUT2D eigenvalue weighted by atomic mass is 10.2. The molecule has 45 heavy (non-hydrogen) atoms. The number of hydrogen-bond acceptors (Lipinski definition) is 14. The lowest BCUT2D eigenvalue weighted by molar-refractivity contribution is 0.324. The number of nitrogens with zero attached hydrogens (tertiary/aromatic N) is 4. The van der Waals surface area contributed by atoms with Gasteiger partial charge in [0.05, 0.1) is 67.9 Å². The van der Waals surface area contributed by atoms with Crippen LogP contribution in [-0.4, -0.2) is 72.2 Å². The summed E-state index contributed by atoms with van der Waals surface area (Å²) in [4.78, 5) is 9.05. The second kappa shape index (κ2) is 15.5. The number of aromatic nitrogens is 2. The van der Waals surface area contributed by atoms with Crippen LogP contribution in [0.25, 0.3) is 0 Å². The zero-order valence-corrected chi connectivity index (χ0v) is 26.0. The lowest BCUT2D eigenvalue weighted by Crippen LogP contribution is -2.05. The molecule has 0 bridgehead atoms. The van der Waals surface area contributed by atoms with Crippen molar-refractivity contribution in [3.05, 3.63) is 65.7 Å². The Morgan fingerprint density at radius 2 is 1.00 bits per heavy atom. The molecule has 1 heterocycles. The van der Waals surface area contributed by atoms with Gasteiger partial charge in [-0.25, -0.2) is 5.43 Å². The van der Waals surface area contributed by atoms with Gasteiger partial charge in [-0.2, -0.15) is 20.2 Å². The van der Waals surface area contributed by atoms with Gasteiger partial charge in [-0.1, -0.05) is 12.1 Å². The Kier molecular flexibility index (Phi) is 11.0. The topological polar surface area (TPSA) is 151 Å². The SMILES string of the molecule is COc1ccccc1Nc1cc(NN=Cc2cc(OC)c(OC)c(OC)c2)nc(NN=Cc2cc(OC)c(OC)c(OC)c2)n1. The zero-order chi connectivity index (χ0) is 32.2. The number of methoxy groups -OCH3 is 7. The van der Waals surface area contributed by atoms with Crippen molar-refractivity contribution in [3.8, 4) is 40.2 Å². The van der Waals surface area contributed by atoms with Crippen molar-refractivity contribution in [2.75, 3.05) is 65.9 Å². The highest BCUT2D eigenvalue weighted by Crippen LogP contribution is 2.39. The molecule has 14 nitrogen and oxygen atoms in total. The van der Waals surface area contributed by atoms with Crippen molar-refractivity contribution in [2.45, 2.75) is 0 Å². The Balaban J connectivity index is 1.62. The van der Waals surface area contributed by atoms with Crippen molar-refractivity contribution in [2.24, 2.45) is 10.2 Å². The molecule has 0 saturated heterocycles. The molecule has 0 spiro atoms. The molecule has 3 N–H and O–H groups in total. The van der Waals surface area contributed by atoms with Crippen molar-refractivity contribution >= 4 is 35.7 Å². The molecule has 4 aromatic rings. The Hall–Kier alpha value is -5.92. The number of ether oxygens (including phenoxy) is 7. The monoisotopic (exact) mass is 617 g/mol. The Bertz CT molecular complexity index is 1520. The van der Waals surface area contributed by atoms with E-state index in [1.807, 2.05) is 24.3 Å². The van der Waals surface area contributed by atoms with E-state index < -0.39 is 0 Å². The summed E-state index contributed by atoms with van der Waals surface area (Å²) in [6, 6.07) is 16.2. The molecule has 0 fully saturated rings. The summed E-state index contributed by atoms with van der Waals surface area (Å²) in [6.07, 6.45) is 3.17. The molecule has 0 amide bonds. The van der Waals surface area contributed by atoms with Gasteiger partial charge in [0.25, 0.3) is 0 Å². The first kappa shape index (κ1) is 32.0. The van der Waals surface area contributed by atoms with Crippen LogP contribution in [-0.2, 0) is 0 Å². The van der Waals surface area contributed by atoms with Crippen LogP contribution in [0.15, 0.2) is 64.8 Å². The molecule has 0 atom stereocenters. The van der Waals surface area contributed by atoms with E-state index in [0.29, 0.717) is 68.7 Å². The molecule has 0 aliphatic heterocycles. The van der Waals surface area contributed by atoms with Crippen molar-refractivity contribution in [3.63, 3.8) is 0 Å². The smallest absolute Gasteiger partial charge is 0.247 e. The number of nitrogens with one attached hydrogen (secondary N) is 3. The fraction of sp³-hybridized carbons (Fsp3) is 0.226. The highest BCUT2D eigenvalue weighted by Gasteiger charge is 2.14. The number of para-hydroxylation sites is 2. The van der Waals surface area contributed by atoms with Gasteiger partial charge in [0, 0.05) is 17.2 Å². The number of anilines is 4. The number of rotatable bonds is 15. The number of hydrazone groups is 2. The average Bonchev–Trinajstić information content (AvgIpc) is 3.07. The van der Waals surface area contributed by atoms with Crippen molar-refractivity contribution in [1.82, 2.24) is 9.97 Å². The molecule has 0 aliphatic rings. The van der Waals surface area contributed by atoms with E-state index in [9.17, 15) is 0 Å². The van der Waals surface area contributed by atoms with Gasteiger partial charge >= 0.3 is 0 Å². The molecule has 0 unspecified atom stereocenters. The van der Waals surface area contributed by atoms with E-state index >= 15 is 0 Å². The summed E-state index contributed by atoms with van der Waals surface area (Å²) < 4.78 is 38.0. The van der Waals surface area contributed by atoms with Gasteiger partial charge in [-0.3, -0.25) is 5.43 Å². The van der Waals surface area contributed by atoms with E-state index in [1.54, 1.807) is 92.5 Å². The van der Waals surface area contributed by atoms with Gasteiger partial charge < -0.3 is 38.5 Å². The van der Waals surface area contributed by atoms with Gasteiger partial charge in [0.1, 0.15) is 11.6 Å². The molecular formula is C31H35N7O7. The minimum Gasteiger partial charge on any atom is -0.495 e. The summed E-state index contributed by atoms with van der Waals surface area (Å²) in [7, 11) is 10.9. The van der Waals surface area contributed by atoms with Crippen LogP contribution in [0.2, 0.25) is 0 Å². The first-order chi connectivity index (χ1) is 22.0. The Morgan fingerprint density at radius 3 is 1.49 bits per heavy atom. The van der Waals surface area contributed by atoms with E-state index in [-0.39, 0.29) is 5.95 Å². The molecule has 0 aliphatic carbocycles. The predicted octanol–water partition coefficient (Wildman–Crippen LogP) is 5.17. The third kappa shape index (κ3) is 7.93. The van der Waals surface area contributed by atoms with Crippen molar-refractivity contribution in [1.29, 1.82) is 0 Å². The summed E-state index contributed by atoms with van der Waals surface area (Å²) in [5, 5.41) is 11.9. The normalized spacial score (nSPS) is 10.8. The number of benzene rings is 3. The van der Waals surface area contributed by atoms with Crippen LogP contribution < -0.4 is 49.3 Å². The summed E-state index contributed by atoms with van der Waals surface area (Å²) in [5.41, 5.74) is 7.90. The van der Waals surface area contributed by atoms with Gasteiger partial charge in [-0.15, -0.1) is 0 Å². The van der Waals surface area contributed by atoms with Crippen LogP contribution in [0.4, 0.5) is 23.3 Å². The molecular weight excluding hydrogens is 582 g/mol. The maximum absolute atomic E-state index is 5.47. The maximum Gasteiger partial charge on any atom is 0.247 e. The second-order valence-corrected chi connectivity index (χ2v) is 8.94. The minimum absolute atomic E-state index is 0.184. The molecule has 1 aromatic heterocycles. The average molecular weight is 618 g/mol. The molecule has 0 radical (unpaired) electrons. The van der Waals surface area contributed by atoms with Crippen molar-refractivity contribution < 1.29 is 33.2 Å². The summed E-state index contributed by atoms with van der Waals surface area (Å²) >= 11 is 0. The fourth-order valence-electron chi connectivity index (χ4n) is 4.19. The molecule has 4 rings (SSSR count). The van der Waals surface area contributed by atoms with Gasteiger partial charge in [0.15, 0.2) is 28.8 Å².